The van der Waals surface area contributed by atoms with Crippen LogP contribution in [0, 0.1) is 11.3 Å². The van der Waals surface area contributed by atoms with Crippen LogP contribution < -0.4 is 9.47 Å². The van der Waals surface area contributed by atoms with Gasteiger partial charge in [-0.2, -0.15) is 5.26 Å². The largest absolute Gasteiger partial charge is 0.494 e. The summed E-state index contributed by atoms with van der Waals surface area (Å²) in [6.07, 6.45) is 8.56. The van der Waals surface area contributed by atoms with Gasteiger partial charge in [-0.15, -0.1) is 0 Å². The Morgan fingerprint density at radius 1 is 0.893 bits per heavy atom. The molecule has 0 bridgehead atoms. The lowest BCUT2D eigenvalue weighted by Gasteiger charge is -2.08. The molecule has 148 valence electrons. The van der Waals surface area contributed by atoms with E-state index in [1.165, 1.54) is 32.1 Å². The molecule has 0 amide bonds. The lowest BCUT2D eigenvalue weighted by molar-refractivity contribution is 0.0734. The van der Waals surface area contributed by atoms with Gasteiger partial charge in [-0.05, 0) is 54.8 Å². The van der Waals surface area contributed by atoms with Crippen molar-refractivity contribution in [3.63, 3.8) is 0 Å². The van der Waals surface area contributed by atoms with E-state index in [0.29, 0.717) is 30.8 Å². The van der Waals surface area contributed by atoms with Crippen LogP contribution in [-0.2, 0) is 6.42 Å². The number of rotatable bonds is 12. The molecule has 2 aromatic rings. The molecule has 2 aromatic carbocycles. The average Bonchev–Trinajstić information content (AvgIpc) is 2.73. The number of carbonyl (C=O) groups excluding carboxylic acids is 1. The predicted molar refractivity (Wildman–Crippen MR) is 111 cm³/mol. The number of aryl methyl sites for hydroxylation is 1. The molecule has 0 fully saturated rings. The molecule has 28 heavy (non-hydrogen) atoms. The number of benzene rings is 2. The van der Waals surface area contributed by atoms with E-state index in [0.717, 1.165) is 17.7 Å². The van der Waals surface area contributed by atoms with Crippen LogP contribution in [0.2, 0.25) is 0 Å². The molecule has 0 saturated carbocycles. The Balaban J connectivity index is 1.74. The molecule has 0 atom stereocenters. The number of hydrogen-bond donors (Lipinski definition) is 0. The second-order valence-corrected chi connectivity index (χ2v) is 6.83. The van der Waals surface area contributed by atoms with Crippen LogP contribution >= 0.6 is 0 Å². The van der Waals surface area contributed by atoms with Gasteiger partial charge in [0.15, 0.2) is 0 Å². The van der Waals surface area contributed by atoms with Crippen molar-refractivity contribution in [2.75, 3.05) is 6.61 Å². The Bertz CT molecular complexity index is 745. The lowest BCUT2D eigenvalue weighted by atomic mass is 10.1. The first-order valence-corrected chi connectivity index (χ1v) is 10.1. The van der Waals surface area contributed by atoms with E-state index in [2.05, 4.69) is 13.0 Å². The van der Waals surface area contributed by atoms with E-state index in [1.54, 1.807) is 36.4 Å². The van der Waals surface area contributed by atoms with Crippen molar-refractivity contribution in [3.8, 4) is 17.6 Å². The Labute approximate surface area is 168 Å². The Morgan fingerprint density at radius 2 is 1.54 bits per heavy atom. The number of carbonyl (C=O) groups is 1. The first kappa shape index (κ1) is 21.5. The second-order valence-electron chi connectivity index (χ2n) is 6.83. The Kier molecular flexibility index (Phi) is 9.65. The van der Waals surface area contributed by atoms with E-state index >= 15 is 0 Å². The normalized spacial score (nSPS) is 10.3. The molecule has 0 aliphatic carbocycles. The van der Waals surface area contributed by atoms with Gasteiger partial charge < -0.3 is 9.47 Å². The number of hydrogen-bond acceptors (Lipinski definition) is 4. The van der Waals surface area contributed by atoms with E-state index < -0.39 is 5.97 Å². The lowest BCUT2D eigenvalue weighted by Crippen LogP contribution is -2.08. The standard InChI is InChI=1S/C24H29NO3/c1-2-3-4-5-6-7-19-27-22-16-12-21(13-17-22)24(26)28-23-14-10-20(11-15-23)9-8-18-25/h10-17H,2-9,19H2,1H3. The fourth-order valence-corrected chi connectivity index (χ4v) is 2.85. The number of nitriles is 1. The summed E-state index contributed by atoms with van der Waals surface area (Å²) in [5.41, 5.74) is 1.54. The highest BCUT2D eigenvalue weighted by atomic mass is 16.5. The highest BCUT2D eigenvalue weighted by Gasteiger charge is 2.09. The topological polar surface area (TPSA) is 59.3 Å². The molecule has 4 heteroatoms. The van der Waals surface area contributed by atoms with Crippen molar-refractivity contribution in [3.05, 3.63) is 59.7 Å². The van der Waals surface area contributed by atoms with Gasteiger partial charge in [0, 0.05) is 6.42 Å². The molecule has 0 unspecified atom stereocenters. The van der Waals surface area contributed by atoms with E-state index in [1.807, 2.05) is 12.1 Å². The van der Waals surface area contributed by atoms with E-state index in [4.69, 9.17) is 14.7 Å². The van der Waals surface area contributed by atoms with Crippen molar-refractivity contribution < 1.29 is 14.3 Å². The molecule has 2 rings (SSSR count). The van der Waals surface area contributed by atoms with E-state index in [-0.39, 0.29) is 0 Å². The molecule has 0 spiro atoms. The van der Waals surface area contributed by atoms with Crippen LogP contribution in [-0.4, -0.2) is 12.6 Å². The first-order valence-electron chi connectivity index (χ1n) is 10.1. The van der Waals surface area contributed by atoms with Gasteiger partial charge in [0.05, 0.1) is 18.2 Å². The molecule has 0 N–H and O–H groups in total. The molecule has 0 radical (unpaired) electrons. The number of esters is 1. The molecular weight excluding hydrogens is 350 g/mol. The molecule has 0 saturated heterocycles. The minimum Gasteiger partial charge on any atom is -0.494 e. The van der Waals surface area contributed by atoms with Gasteiger partial charge in [0.1, 0.15) is 11.5 Å². The van der Waals surface area contributed by atoms with Gasteiger partial charge in [-0.1, -0.05) is 51.2 Å². The maximum Gasteiger partial charge on any atom is 0.343 e. The first-order chi connectivity index (χ1) is 13.7. The summed E-state index contributed by atoms with van der Waals surface area (Å²) in [7, 11) is 0. The number of unbranched alkanes of at least 4 members (excludes halogenated alkanes) is 5. The minimum atomic E-state index is -0.396. The molecule has 4 nitrogen and oxygen atoms in total. The maximum absolute atomic E-state index is 12.3. The number of nitrogens with zero attached hydrogens (tertiary/aromatic N) is 1. The molecule has 0 aromatic heterocycles. The second kappa shape index (κ2) is 12.6. The fraction of sp³-hybridized carbons (Fsp3) is 0.417. The number of ether oxygens (including phenoxy) is 2. The average molecular weight is 380 g/mol. The molecule has 0 aliphatic heterocycles. The Hall–Kier alpha value is -2.80. The fourth-order valence-electron chi connectivity index (χ4n) is 2.85. The van der Waals surface area contributed by atoms with Crippen LogP contribution in [0.4, 0.5) is 0 Å². The quantitative estimate of drug-likeness (QED) is 0.254. The zero-order valence-electron chi connectivity index (χ0n) is 16.7. The van der Waals surface area contributed by atoms with Gasteiger partial charge in [0.25, 0.3) is 0 Å². The van der Waals surface area contributed by atoms with Crippen molar-refractivity contribution in [1.82, 2.24) is 0 Å². The predicted octanol–water partition coefficient (Wildman–Crippen LogP) is 6.10. The van der Waals surface area contributed by atoms with Crippen LogP contribution in [0.5, 0.6) is 11.5 Å². The van der Waals surface area contributed by atoms with Gasteiger partial charge in [-0.3, -0.25) is 0 Å². The van der Waals surface area contributed by atoms with Crippen LogP contribution in [0.15, 0.2) is 48.5 Å². The van der Waals surface area contributed by atoms with Crippen LogP contribution in [0.25, 0.3) is 0 Å². The third kappa shape index (κ3) is 7.84. The van der Waals surface area contributed by atoms with Crippen molar-refractivity contribution in [1.29, 1.82) is 5.26 Å². The Morgan fingerprint density at radius 3 is 2.21 bits per heavy atom. The monoisotopic (exact) mass is 379 g/mol. The zero-order valence-corrected chi connectivity index (χ0v) is 16.7. The SMILES string of the molecule is CCCCCCCCOc1ccc(C(=O)Oc2ccc(CCC#N)cc2)cc1. The summed E-state index contributed by atoms with van der Waals surface area (Å²) in [5.74, 6) is 0.869. The van der Waals surface area contributed by atoms with Crippen molar-refractivity contribution in [2.45, 2.75) is 58.3 Å². The van der Waals surface area contributed by atoms with Gasteiger partial charge in [-0.25, -0.2) is 4.79 Å². The molecule has 0 heterocycles. The maximum atomic E-state index is 12.3. The molecule has 0 aliphatic rings. The summed E-state index contributed by atoms with van der Waals surface area (Å²) in [6, 6.07) is 16.4. The van der Waals surface area contributed by atoms with E-state index in [9.17, 15) is 4.79 Å². The highest BCUT2D eigenvalue weighted by Crippen LogP contribution is 2.17. The van der Waals surface area contributed by atoms with Crippen LogP contribution in [0.1, 0.15) is 67.8 Å². The van der Waals surface area contributed by atoms with Gasteiger partial charge in [0.2, 0.25) is 0 Å². The minimum absolute atomic E-state index is 0.396. The third-order valence-corrected chi connectivity index (χ3v) is 4.52. The van der Waals surface area contributed by atoms with Crippen molar-refractivity contribution in [2.24, 2.45) is 0 Å². The smallest absolute Gasteiger partial charge is 0.343 e. The zero-order chi connectivity index (χ0) is 20.0. The molecular formula is C24H29NO3. The summed E-state index contributed by atoms with van der Waals surface area (Å²) in [4.78, 5) is 12.3. The summed E-state index contributed by atoms with van der Waals surface area (Å²) < 4.78 is 11.1. The summed E-state index contributed by atoms with van der Waals surface area (Å²) in [6.45, 7) is 2.92. The summed E-state index contributed by atoms with van der Waals surface area (Å²) in [5, 5.41) is 8.62. The van der Waals surface area contributed by atoms with Crippen molar-refractivity contribution >= 4 is 5.97 Å². The van der Waals surface area contributed by atoms with Crippen LogP contribution in [0.3, 0.4) is 0 Å². The van der Waals surface area contributed by atoms with Gasteiger partial charge >= 0.3 is 5.97 Å². The summed E-state index contributed by atoms with van der Waals surface area (Å²) >= 11 is 0. The third-order valence-electron chi connectivity index (χ3n) is 4.52. The highest BCUT2D eigenvalue weighted by molar-refractivity contribution is 5.91.